The Morgan fingerprint density at radius 2 is 1.96 bits per heavy atom. The number of carbonyl (C=O) groups is 2. The van der Waals surface area contributed by atoms with Crippen molar-refractivity contribution >= 4 is 40.3 Å². The highest BCUT2D eigenvalue weighted by atomic mass is 127. The Balaban J connectivity index is 2.16. The highest BCUT2D eigenvalue weighted by Crippen LogP contribution is 2.31. The normalized spacial score (nSPS) is 11.6. The van der Waals surface area contributed by atoms with Gasteiger partial charge in [0.05, 0.1) is 11.6 Å². The van der Waals surface area contributed by atoms with Crippen LogP contribution in [0.15, 0.2) is 54.6 Å². The molecule has 2 aromatic carbocycles. The predicted octanol–water partition coefficient (Wildman–Crippen LogP) is 4.19. The maximum atomic E-state index is 12.2. The number of phenols is 1. The summed E-state index contributed by atoms with van der Waals surface area (Å²) in [4.78, 5) is 22.9. The Bertz CT molecular complexity index is 903. The molecule has 2 rings (SSSR count). The molecule has 0 aromatic heterocycles. The van der Waals surface area contributed by atoms with E-state index in [1.54, 1.807) is 36.4 Å². The monoisotopic (exact) mass is 478 g/mol. The van der Waals surface area contributed by atoms with Gasteiger partial charge in [0, 0.05) is 27.3 Å². The maximum absolute atomic E-state index is 12.2. The van der Waals surface area contributed by atoms with Crippen LogP contribution in [0.2, 0.25) is 0 Å². The van der Waals surface area contributed by atoms with E-state index in [2.05, 4.69) is 27.9 Å². The Morgan fingerprint density at radius 1 is 1.26 bits per heavy atom. The molecule has 0 aliphatic rings. The van der Waals surface area contributed by atoms with Crippen LogP contribution in [0.25, 0.3) is 0 Å². The van der Waals surface area contributed by atoms with Crippen molar-refractivity contribution < 1.29 is 24.5 Å². The third-order valence-corrected chi connectivity index (χ3v) is 4.13. The second-order valence-corrected chi connectivity index (χ2v) is 6.63. The number of halogens is 1. The van der Waals surface area contributed by atoms with Crippen molar-refractivity contribution in [2.75, 3.05) is 5.32 Å². The summed E-state index contributed by atoms with van der Waals surface area (Å²) < 4.78 is 6.22. The third kappa shape index (κ3) is 6.31. The number of amides is 1. The number of rotatable bonds is 6. The molecule has 0 aliphatic heterocycles. The van der Waals surface area contributed by atoms with Crippen molar-refractivity contribution in [2.24, 2.45) is 0 Å². The van der Waals surface area contributed by atoms with Gasteiger partial charge in [-0.3, -0.25) is 5.32 Å². The van der Waals surface area contributed by atoms with E-state index in [1.165, 1.54) is 12.1 Å². The zero-order chi connectivity index (χ0) is 19.8. The van der Waals surface area contributed by atoms with Gasteiger partial charge >= 0.3 is 12.1 Å². The summed E-state index contributed by atoms with van der Waals surface area (Å²) in [6, 6.07) is 13.0. The minimum absolute atomic E-state index is 0.0599. The number of phenolic OH excluding ortho intramolecular Hbond substituents is 1. The average molecular weight is 478 g/mol. The fraction of sp³-hybridized carbons (Fsp3) is 0.105. The van der Waals surface area contributed by atoms with Gasteiger partial charge in [-0.1, -0.05) is 6.08 Å². The van der Waals surface area contributed by atoms with Crippen molar-refractivity contribution in [1.82, 2.24) is 0 Å². The molecule has 2 aromatic rings. The molecule has 0 saturated heterocycles. The molecule has 0 radical (unpaired) electrons. The van der Waals surface area contributed by atoms with Crippen molar-refractivity contribution in [3.8, 4) is 11.8 Å². The molecule has 0 aliphatic carbocycles. The number of ether oxygens (including phenoxy) is 1. The van der Waals surface area contributed by atoms with Crippen LogP contribution in [0.5, 0.6) is 5.75 Å². The first-order valence-corrected chi connectivity index (χ1v) is 8.82. The molecule has 0 fully saturated rings. The lowest BCUT2D eigenvalue weighted by Crippen LogP contribution is -2.17. The van der Waals surface area contributed by atoms with Gasteiger partial charge in [-0.15, -0.1) is 0 Å². The van der Waals surface area contributed by atoms with Crippen LogP contribution in [-0.2, 0) is 9.53 Å². The second-order valence-electron chi connectivity index (χ2n) is 5.39. The van der Waals surface area contributed by atoms with Gasteiger partial charge in [-0.2, -0.15) is 5.26 Å². The largest absolute Gasteiger partial charge is 0.508 e. The van der Waals surface area contributed by atoms with Gasteiger partial charge in [-0.05, 0) is 65.1 Å². The van der Waals surface area contributed by atoms with Crippen LogP contribution in [0.3, 0.4) is 0 Å². The SMILES string of the molecule is N#Cc1ccc(NC(=O)O[C@@H](C/C=C/C(=O)O)c2cc(I)ccc2O)cc1. The summed E-state index contributed by atoms with van der Waals surface area (Å²) in [7, 11) is 0. The molecule has 7 nitrogen and oxygen atoms in total. The lowest BCUT2D eigenvalue weighted by molar-refractivity contribution is -0.131. The van der Waals surface area contributed by atoms with Crippen LogP contribution in [0, 0.1) is 14.9 Å². The second kappa shape index (κ2) is 9.59. The van der Waals surface area contributed by atoms with Gasteiger partial charge in [0.1, 0.15) is 11.9 Å². The zero-order valence-electron chi connectivity index (χ0n) is 13.9. The molecule has 0 saturated carbocycles. The van der Waals surface area contributed by atoms with Gasteiger partial charge in [0.2, 0.25) is 0 Å². The molecule has 0 unspecified atom stereocenters. The molecule has 27 heavy (non-hydrogen) atoms. The van der Waals surface area contributed by atoms with Gasteiger partial charge in [-0.25, -0.2) is 9.59 Å². The van der Waals surface area contributed by atoms with E-state index < -0.39 is 18.2 Å². The number of hydrogen-bond acceptors (Lipinski definition) is 5. The number of nitriles is 1. The summed E-state index contributed by atoms with van der Waals surface area (Å²) in [5, 5.41) is 30.1. The molecular formula is C19H15IN2O5. The fourth-order valence-electron chi connectivity index (χ4n) is 2.22. The summed E-state index contributed by atoms with van der Waals surface area (Å²) in [6.45, 7) is 0. The number of nitrogens with zero attached hydrogens (tertiary/aromatic N) is 1. The van der Waals surface area contributed by atoms with E-state index in [-0.39, 0.29) is 12.2 Å². The van der Waals surface area contributed by atoms with E-state index in [0.717, 1.165) is 9.65 Å². The van der Waals surface area contributed by atoms with Gasteiger partial charge < -0.3 is 14.9 Å². The molecule has 0 heterocycles. The van der Waals surface area contributed by atoms with Crippen molar-refractivity contribution in [3.63, 3.8) is 0 Å². The van der Waals surface area contributed by atoms with Crippen LogP contribution in [-0.4, -0.2) is 22.3 Å². The molecule has 3 N–H and O–H groups in total. The Hall–Kier alpha value is -3.06. The minimum Gasteiger partial charge on any atom is -0.508 e. The van der Waals surface area contributed by atoms with Crippen LogP contribution >= 0.6 is 22.6 Å². The van der Waals surface area contributed by atoms with Crippen LogP contribution in [0.4, 0.5) is 10.5 Å². The first-order valence-electron chi connectivity index (χ1n) is 7.74. The number of nitrogens with one attached hydrogen (secondary N) is 1. The summed E-state index contributed by atoms with van der Waals surface area (Å²) in [5.41, 5.74) is 1.26. The molecule has 0 bridgehead atoms. The van der Waals surface area contributed by atoms with E-state index in [0.29, 0.717) is 16.8 Å². The number of carbonyl (C=O) groups excluding carboxylic acids is 1. The maximum Gasteiger partial charge on any atom is 0.412 e. The molecular weight excluding hydrogens is 463 g/mol. The first-order chi connectivity index (χ1) is 12.9. The summed E-state index contributed by atoms with van der Waals surface area (Å²) in [6.07, 6.45) is 0.711. The molecule has 8 heteroatoms. The molecule has 0 spiro atoms. The highest BCUT2D eigenvalue weighted by molar-refractivity contribution is 14.1. The van der Waals surface area contributed by atoms with Crippen molar-refractivity contribution in [1.29, 1.82) is 5.26 Å². The quantitative estimate of drug-likeness (QED) is 0.423. The van der Waals surface area contributed by atoms with Crippen molar-refractivity contribution in [2.45, 2.75) is 12.5 Å². The standard InChI is InChI=1S/C19H15IN2O5/c20-13-6-9-16(23)15(10-13)17(2-1-3-18(24)25)27-19(26)22-14-7-4-12(11-21)5-8-14/h1,3-10,17,23H,2H2,(H,22,26)(H,24,25)/b3-1+/t17-/m0/s1. The number of benzene rings is 2. The topological polar surface area (TPSA) is 120 Å². The van der Waals surface area contributed by atoms with E-state index in [4.69, 9.17) is 15.1 Å². The van der Waals surface area contributed by atoms with Crippen molar-refractivity contribution in [3.05, 3.63) is 69.3 Å². The average Bonchev–Trinajstić information content (AvgIpc) is 2.63. The number of hydrogen-bond donors (Lipinski definition) is 3. The number of carboxylic acid groups (broad SMARTS) is 1. The third-order valence-electron chi connectivity index (χ3n) is 3.46. The van der Waals surface area contributed by atoms with E-state index in [9.17, 15) is 14.7 Å². The number of carboxylic acids is 1. The Morgan fingerprint density at radius 3 is 2.59 bits per heavy atom. The molecule has 1 atom stereocenters. The summed E-state index contributed by atoms with van der Waals surface area (Å²) in [5.74, 6) is -1.18. The lowest BCUT2D eigenvalue weighted by atomic mass is 10.1. The highest BCUT2D eigenvalue weighted by Gasteiger charge is 2.20. The van der Waals surface area contributed by atoms with E-state index in [1.807, 2.05) is 6.07 Å². The van der Waals surface area contributed by atoms with E-state index >= 15 is 0 Å². The molecule has 138 valence electrons. The lowest BCUT2D eigenvalue weighted by Gasteiger charge is -2.18. The Kier molecular flexibility index (Phi) is 7.19. The Labute approximate surface area is 169 Å². The number of aromatic hydroxyl groups is 1. The van der Waals surface area contributed by atoms with Gasteiger partial charge in [0.25, 0.3) is 0 Å². The van der Waals surface area contributed by atoms with Crippen LogP contribution in [0.1, 0.15) is 23.7 Å². The number of aliphatic carboxylic acids is 1. The first kappa shape index (κ1) is 20.3. The van der Waals surface area contributed by atoms with Gasteiger partial charge in [0.15, 0.2) is 0 Å². The molecule has 1 amide bonds. The predicted molar refractivity (Wildman–Crippen MR) is 106 cm³/mol. The fourth-order valence-corrected chi connectivity index (χ4v) is 2.73. The minimum atomic E-state index is -1.12. The zero-order valence-corrected chi connectivity index (χ0v) is 16.1. The van der Waals surface area contributed by atoms with Crippen LogP contribution < -0.4 is 5.32 Å². The smallest absolute Gasteiger partial charge is 0.412 e. The summed E-state index contributed by atoms with van der Waals surface area (Å²) >= 11 is 2.06. The number of anilines is 1.